The molecule has 2 rings (SSSR count). The number of benzene rings is 1. The van der Waals surface area contributed by atoms with Gasteiger partial charge in [0.1, 0.15) is 6.54 Å². The van der Waals surface area contributed by atoms with Gasteiger partial charge in [0.15, 0.2) is 5.96 Å². The third-order valence-corrected chi connectivity index (χ3v) is 4.33. The predicted octanol–water partition coefficient (Wildman–Crippen LogP) is 2.13. The van der Waals surface area contributed by atoms with Crippen LogP contribution in [-0.2, 0) is 4.79 Å². The Morgan fingerprint density at radius 3 is 2.35 bits per heavy atom. The summed E-state index contributed by atoms with van der Waals surface area (Å²) in [7, 11) is 0. The SMILES string of the molecule is CCNC(=O)CN=C(NCC)NCC(c1ccccc1)N1CCCC1.I. The van der Waals surface area contributed by atoms with Gasteiger partial charge >= 0.3 is 0 Å². The molecule has 26 heavy (non-hydrogen) atoms. The van der Waals surface area contributed by atoms with Crippen molar-refractivity contribution in [3.8, 4) is 0 Å². The molecule has 0 aliphatic carbocycles. The zero-order valence-corrected chi connectivity index (χ0v) is 18.2. The Bertz CT molecular complexity index is 546. The number of likely N-dealkylation sites (tertiary alicyclic amines) is 1. The van der Waals surface area contributed by atoms with E-state index < -0.39 is 0 Å². The molecule has 1 aromatic carbocycles. The van der Waals surface area contributed by atoms with E-state index in [0.717, 1.165) is 26.2 Å². The lowest BCUT2D eigenvalue weighted by Gasteiger charge is -2.29. The fourth-order valence-electron chi connectivity index (χ4n) is 3.13. The largest absolute Gasteiger partial charge is 0.357 e. The minimum absolute atomic E-state index is 0. The third kappa shape index (κ3) is 7.49. The van der Waals surface area contributed by atoms with Crippen LogP contribution in [0.2, 0.25) is 0 Å². The molecule has 146 valence electrons. The van der Waals surface area contributed by atoms with Gasteiger partial charge in [-0.05, 0) is 45.3 Å². The maximum Gasteiger partial charge on any atom is 0.241 e. The van der Waals surface area contributed by atoms with Crippen LogP contribution in [0.4, 0.5) is 0 Å². The normalized spacial score (nSPS) is 15.8. The molecule has 1 aliphatic heterocycles. The molecule has 1 atom stereocenters. The summed E-state index contributed by atoms with van der Waals surface area (Å²) in [4.78, 5) is 18.6. The second kappa shape index (κ2) is 12.9. The zero-order chi connectivity index (χ0) is 17.9. The van der Waals surface area contributed by atoms with Crippen molar-refractivity contribution >= 4 is 35.8 Å². The Morgan fingerprint density at radius 2 is 1.73 bits per heavy atom. The molecule has 3 N–H and O–H groups in total. The molecule has 0 radical (unpaired) electrons. The summed E-state index contributed by atoms with van der Waals surface area (Å²) >= 11 is 0. The number of guanidine groups is 1. The molecule has 6 nitrogen and oxygen atoms in total. The van der Waals surface area contributed by atoms with Gasteiger partial charge in [0.05, 0.1) is 6.04 Å². The van der Waals surface area contributed by atoms with Crippen molar-refractivity contribution in [1.29, 1.82) is 0 Å². The highest BCUT2D eigenvalue weighted by Crippen LogP contribution is 2.24. The van der Waals surface area contributed by atoms with Gasteiger partial charge in [0, 0.05) is 19.6 Å². The Morgan fingerprint density at radius 1 is 1.08 bits per heavy atom. The topological polar surface area (TPSA) is 68.8 Å². The smallest absolute Gasteiger partial charge is 0.241 e. The number of nitrogens with zero attached hydrogens (tertiary/aromatic N) is 2. The number of likely N-dealkylation sites (N-methyl/N-ethyl adjacent to an activating group) is 1. The van der Waals surface area contributed by atoms with Crippen LogP contribution < -0.4 is 16.0 Å². The number of hydrogen-bond donors (Lipinski definition) is 3. The number of amides is 1. The van der Waals surface area contributed by atoms with E-state index >= 15 is 0 Å². The van der Waals surface area contributed by atoms with E-state index in [1.54, 1.807) is 0 Å². The van der Waals surface area contributed by atoms with Gasteiger partial charge in [-0.1, -0.05) is 30.3 Å². The van der Waals surface area contributed by atoms with Gasteiger partial charge in [-0.25, -0.2) is 4.99 Å². The quantitative estimate of drug-likeness (QED) is 0.308. The van der Waals surface area contributed by atoms with Gasteiger partial charge in [0.2, 0.25) is 5.91 Å². The Kier molecular flexibility index (Phi) is 11.3. The van der Waals surface area contributed by atoms with Crippen LogP contribution in [0, 0.1) is 0 Å². The second-order valence-corrected chi connectivity index (χ2v) is 6.20. The van der Waals surface area contributed by atoms with Gasteiger partial charge in [-0.3, -0.25) is 9.69 Å². The fraction of sp³-hybridized carbons (Fsp3) is 0.579. The number of nitrogens with one attached hydrogen (secondary N) is 3. The van der Waals surface area contributed by atoms with Crippen LogP contribution in [0.15, 0.2) is 35.3 Å². The standard InChI is InChI=1S/C19H31N5O.HI/c1-3-20-18(25)15-23-19(21-4-2)22-14-17(24-12-8-9-13-24)16-10-6-5-7-11-16;/h5-7,10-11,17H,3-4,8-9,12-15H2,1-2H3,(H,20,25)(H2,21,22,23);1H. The molecule has 0 spiro atoms. The van der Waals surface area contributed by atoms with E-state index in [2.05, 4.69) is 56.2 Å². The summed E-state index contributed by atoms with van der Waals surface area (Å²) in [5, 5.41) is 9.40. The van der Waals surface area contributed by atoms with Gasteiger partial charge in [0.25, 0.3) is 0 Å². The number of rotatable bonds is 8. The molecule has 0 saturated carbocycles. The van der Waals surface area contributed by atoms with Crippen LogP contribution in [0.1, 0.15) is 38.3 Å². The molecule has 1 aliphatic rings. The van der Waals surface area contributed by atoms with Crippen LogP contribution in [-0.4, -0.2) is 56.0 Å². The maximum absolute atomic E-state index is 11.6. The highest BCUT2D eigenvalue weighted by atomic mass is 127. The average molecular weight is 473 g/mol. The average Bonchev–Trinajstić information content (AvgIpc) is 3.15. The minimum Gasteiger partial charge on any atom is -0.357 e. The summed E-state index contributed by atoms with van der Waals surface area (Å²) < 4.78 is 0. The zero-order valence-electron chi connectivity index (χ0n) is 15.8. The number of hydrogen-bond acceptors (Lipinski definition) is 3. The lowest BCUT2D eigenvalue weighted by atomic mass is 10.1. The second-order valence-electron chi connectivity index (χ2n) is 6.20. The first-order chi connectivity index (χ1) is 12.2. The van der Waals surface area contributed by atoms with Gasteiger partial charge in [-0.15, -0.1) is 24.0 Å². The Hall–Kier alpha value is -1.35. The molecule has 1 aromatic rings. The predicted molar refractivity (Wildman–Crippen MR) is 118 cm³/mol. The molecule has 1 amide bonds. The van der Waals surface area contributed by atoms with Crippen molar-refractivity contribution in [2.45, 2.75) is 32.7 Å². The monoisotopic (exact) mass is 473 g/mol. The van der Waals surface area contributed by atoms with E-state index in [1.165, 1.54) is 18.4 Å². The van der Waals surface area contributed by atoms with Crippen molar-refractivity contribution in [2.24, 2.45) is 4.99 Å². The van der Waals surface area contributed by atoms with Gasteiger partial charge < -0.3 is 16.0 Å². The first kappa shape index (κ1) is 22.7. The summed E-state index contributed by atoms with van der Waals surface area (Å²) in [5.74, 6) is 0.632. The van der Waals surface area contributed by atoms with Crippen molar-refractivity contribution in [3.63, 3.8) is 0 Å². The van der Waals surface area contributed by atoms with E-state index in [4.69, 9.17) is 0 Å². The van der Waals surface area contributed by atoms with Crippen LogP contribution >= 0.6 is 24.0 Å². The first-order valence-corrected chi connectivity index (χ1v) is 9.32. The molecule has 0 bridgehead atoms. The molecule has 1 unspecified atom stereocenters. The summed E-state index contributed by atoms with van der Waals surface area (Å²) in [5.41, 5.74) is 1.32. The Balaban J connectivity index is 0.00000338. The summed E-state index contributed by atoms with van der Waals surface area (Å²) in [6.07, 6.45) is 2.52. The van der Waals surface area contributed by atoms with Crippen LogP contribution in [0.3, 0.4) is 0 Å². The van der Waals surface area contributed by atoms with Crippen molar-refractivity contribution < 1.29 is 4.79 Å². The molecule has 1 fully saturated rings. The fourth-order valence-corrected chi connectivity index (χ4v) is 3.13. The van der Waals surface area contributed by atoms with Gasteiger partial charge in [-0.2, -0.15) is 0 Å². The summed E-state index contributed by atoms with van der Waals surface area (Å²) in [6.45, 7) is 8.50. The van der Waals surface area contributed by atoms with Crippen molar-refractivity contribution in [3.05, 3.63) is 35.9 Å². The Labute approximate surface area is 174 Å². The highest BCUT2D eigenvalue weighted by Gasteiger charge is 2.23. The number of carbonyl (C=O) groups excluding carboxylic acids is 1. The number of halogens is 1. The lowest BCUT2D eigenvalue weighted by molar-refractivity contribution is -0.119. The van der Waals surface area contributed by atoms with Crippen LogP contribution in [0.25, 0.3) is 0 Å². The lowest BCUT2D eigenvalue weighted by Crippen LogP contribution is -2.43. The van der Waals surface area contributed by atoms with Crippen LogP contribution in [0.5, 0.6) is 0 Å². The first-order valence-electron chi connectivity index (χ1n) is 9.32. The molecule has 1 saturated heterocycles. The molecular weight excluding hydrogens is 441 g/mol. The number of aliphatic imine (C=N–C) groups is 1. The van der Waals surface area contributed by atoms with E-state index in [0.29, 0.717) is 18.5 Å². The van der Waals surface area contributed by atoms with E-state index in [9.17, 15) is 4.79 Å². The van der Waals surface area contributed by atoms with E-state index in [1.807, 2.05) is 13.8 Å². The summed E-state index contributed by atoms with van der Waals surface area (Å²) in [6, 6.07) is 10.9. The molecule has 0 aromatic heterocycles. The van der Waals surface area contributed by atoms with Crippen molar-refractivity contribution in [1.82, 2.24) is 20.9 Å². The molecule has 1 heterocycles. The number of carbonyl (C=O) groups is 1. The molecule has 7 heteroatoms. The molecular formula is C19H32IN5O. The third-order valence-electron chi connectivity index (χ3n) is 4.33. The van der Waals surface area contributed by atoms with Crippen molar-refractivity contribution in [2.75, 3.05) is 39.3 Å². The van der Waals surface area contributed by atoms with E-state index in [-0.39, 0.29) is 36.4 Å². The maximum atomic E-state index is 11.6. The minimum atomic E-state index is -0.0566. The highest BCUT2D eigenvalue weighted by molar-refractivity contribution is 14.0.